The predicted octanol–water partition coefficient (Wildman–Crippen LogP) is 0.288. The Bertz CT molecular complexity index is 270. The predicted molar refractivity (Wildman–Crippen MR) is 37.7 cm³/mol. The second-order valence-electron chi connectivity index (χ2n) is 2.18. The first-order valence-electron chi connectivity index (χ1n) is 3.06. The Hall–Kier alpha value is -0.740. The van der Waals surface area contributed by atoms with Crippen LogP contribution < -0.4 is 4.72 Å². The first-order chi connectivity index (χ1) is 5.40. The van der Waals surface area contributed by atoms with Crippen molar-refractivity contribution in [3.05, 3.63) is 0 Å². The molecule has 0 heterocycles. The van der Waals surface area contributed by atoms with Crippen LogP contribution >= 0.6 is 0 Å². The Labute approximate surface area is 69.2 Å². The van der Waals surface area contributed by atoms with Gasteiger partial charge in [-0.25, -0.2) is 13.1 Å². The summed E-state index contributed by atoms with van der Waals surface area (Å²) in [5.74, 6) is -4.05. The van der Waals surface area contributed by atoms with Crippen LogP contribution in [0, 0.1) is 17.2 Å². The molecule has 0 aliphatic carbocycles. The fraction of sp³-hybridized carbons (Fsp3) is 0.800. The fourth-order valence-corrected chi connectivity index (χ4v) is 0.958. The van der Waals surface area contributed by atoms with E-state index in [2.05, 4.69) is 0 Å². The molecule has 0 spiro atoms. The highest BCUT2D eigenvalue weighted by Gasteiger charge is 2.23. The summed E-state index contributed by atoms with van der Waals surface area (Å²) in [6, 6.07) is 1.70. The van der Waals surface area contributed by atoms with E-state index in [0.29, 0.717) is 0 Å². The van der Waals surface area contributed by atoms with Gasteiger partial charge in [0.05, 0.1) is 12.0 Å². The lowest BCUT2D eigenvalue weighted by molar-refractivity contribution is 0.232. The Balaban J connectivity index is 4.05. The van der Waals surface area contributed by atoms with Crippen molar-refractivity contribution in [3.8, 4) is 6.07 Å². The quantitative estimate of drug-likeness (QED) is 0.705. The molecule has 0 saturated carbocycles. The summed E-state index contributed by atoms with van der Waals surface area (Å²) in [6.07, 6.45) is 0. The van der Waals surface area contributed by atoms with Crippen LogP contribution in [0.4, 0.5) is 8.78 Å². The van der Waals surface area contributed by atoms with Gasteiger partial charge in [-0.1, -0.05) is 0 Å². The van der Waals surface area contributed by atoms with Gasteiger partial charge in [-0.05, 0) is 6.92 Å². The van der Waals surface area contributed by atoms with Crippen molar-refractivity contribution in [2.24, 2.45) is 5.92 Å². The van der Waals surface area contributed by atoms with Crippen LogP contribution in [0.2, 0.25) is 0 Å². The van der Waals surface area contributed by atoms with E-state index in [-0.39, 0.29) is 6.54 Å². The van der Waals surface area contributed by atoms with Gasteiger partial charge in [-0.2, -0.15) is 14.0 Å². The molecule has 0 saturated heterocycles. The van der Waals surface area contributed by atoms with Gasteiger partial charge in [-0.15, -0.1) is 0 Å². The lowest BCUT2D eigenvalue weighted by Gasteiger charge is -2.05. The molecule has 0 fully saturated rings. The molecule has 70 valence electrons. The minimum absolute atomic E-state index is 0.289. The van der Waals surface area contributed by atoms with Crippen LogP contribution in [0.3, 0.4) is 0 Å². The number of nitriles is 1. The summed E-state index contributed by atoms with van der Waals surface area (Å²) < 4.78 is 45.6. The highest BCUT2D eigenvalue weighted by Crippen LogP contribution is 2.02. The molecule has 0 aromatic heterocycles. The topological polar surface area (TPSA) is 70.0 Å². The van der Waals surface area contributed by atoms with Gasteiger partial charge >= 0.3 is 5.76 Å². The largest absolute Gasteiger partial charge is 0.350 e. The standard InChI is InChI=1S/C5H8F2N2O2S/c1-4(2-8)3-9-12(10,11)5(6)7/h4-5,9H,3H2,1H3. The maximum absolute atomic E-state index is 11.6. The van der Waals surface area contributed by atoms with Gasteiger partial charge < -0.3 is 0 Å². The highest BCUT2D eigenvalue weighted by atomic mass is 32.2. The van der Waals surface area contributed by atoms with E-state index >= 15 is 0 Å². The van der Waals surface area contributed by atoms with E-state index in [1.807, 2.05) is 0 Å². The lowest BCUT2D eigenvalue weighted by atomic mass is 10.2. The van der Waals surface area contributed by atoms with Crippen molar-refractivity contribution in [2.45, 2.75) is 12.7 Å². The van der Waals surface area contributed by atoms with Crippen molar-refractivity contribution in [3.63, 3.8) is 0 Å². The molecule has 0 aliphatic heterocycles. The van der Waals surface area contributed by atoms with E-state index in [9.17, 15) is 17.2 Å². The van der Waals surface area contributed by atoms with Crippen molar-refractivity contribution < 1.29 is 17.2 Å². The van der Waals surface area contributed by atoms with E-state index < -0.39 is 21.7 Å². The smallest absolute Gasteiger partial charge is 0.209 e. The number of rotatable bonds is 4. The molecule has 4 nitrogen and oxygen atoms in total. The third-order valence-corrected chi connectivity index (χ3v) is 2.08. The van der Waals surface area contributed by atoms with Gasteiger partial charge in [0, 0.05) is 6.54 Å². The number of halogens is 2. The molecule has 7 heteroatoms. The van der Waals surface area contributed by atoms with Crippen LogP contribution in [-0.4, -0.2) is 20.7 Å². The summed E-state index contributed by atoms with van der Waals surface area (Å²) in [6.45, 7) is 1.14. The molecule has 0 amide bonds. The zero-order valence-corrected chi connectivity index (χ0v) is 7.11. The van der Waals surface area contributed by atoms with Gasteiger partial charge in [-0.3, -0.25) is 0 Å². The summed E-state index contributed by atoms with van der Waals surface area (Å²) in [4.78, 5) is 0. The van der Waals surface area contributed by atoms with E-state index in [0.717, 1.165) is 0 Å². The van der Waals surface area contributed by atoms with Gasteiger partial charge in [0.1, 0.15) is 0 Å². The average molecular weight is 198 g/mol. The van der Waals surface area contributed by atoms with Crippen molar-refractivity contribution in [2.75, 3.05) is 6.54 Å². The molecule has 12 heavy (non-hydrogen) atoms. The fourth-order valence-electron chi connectivity index (χ4n) is 0.350. The molecule has 0 bridgehead atoms. The first-order valence-corrected chi connectivity index (χ1v) is 4.61. The molecule has 0 radical (unpaired) electrons. The molecule has 1 N–H and O–H groups in total. The van der Waals surface area contributed by atoms with Crippen molar-refractivity contribution >= 4 is 10.0 Å². The number of alkyl halides is 2. The lowest BCUT2D eigenvalue weighted by Crippen LogP contribution is -2.32. The second-order valence-corrected chi connectivity index (χ2v) is 3.92. The van der Waals surface area contributed by atoms with Crippen LogP contribution in [-0.2, 0) is 10.0 Å². The van der Waals surface area contributed by atoms with E-state index in [1.165, 1.54) is 6.92 Å². The molecular formula is C5H8F2N2O2S. The maximum atomic E-state index is 11.6. The number of sulfonamides is 1. The number of hydrogen-bond donors (Lipinski definition) is 1. The van der Waals surface area contributed by atoms with Crippen LogP contribution in [0.5, 0.6) is 0 Å². The summed E-state index contributed by atoms with van der Waals surface area (Å²) in [5, 5.41) is 8.20. The molecule has 1 unspecified atom stereocenters. The molecule has 0 aromatic carbocycles. The monoisotopic (exact) mass is 198 g/mol. The molecule has 0 aromatic rings. The van der Waals surface area contributed by atoms with Gasteiger partial charge in [0.2, 0.25) is 0 Å². The van der Waals surface area contributed by atoms with Gasteiger partial charge in [0.25, 0.3) is 10.0 Å². The highest BCUT2D eigenvalue weighted by molar-refractivity contribution is 7.89. The van der Waals surface area contributed by atoms with Gasteiger partial charge in [0.15, 0.2) is 0 Å². The van der Waals surface area contributed by atoms with E-state index in [4.69, 9.17) is 5.26 Å². The summed E-state index contributed by atoms with van der Waals surface area (Å²) >= 11 is 0. The third-order valence-electron chi connectivity index (χ3n) is 1.05. The molecular weight excluding hydrogens is 190 g/mol. The van der Waals surface area contributed by atoms with E-state index in [1.54, 1.807) is 10.8 Å². The zero-order valence-electron chi connectivity index (χ0n) is 6.29. The second kappa shape index (κ2) is 4.33. The van der Waals surface area contributed by atoms with Crippen LogP contribution in [0.1, 0.15) is 6.92 Å². The Morgan fingerprint density at radius 3 is 2.42 bits per heavy atom. The summed E-state index contributed by atoms with van der Waals surface area (Å²) in [5.41, 5.74) is 0. The van der Waals surface area contributed by atoms with Crippen LogP contribution in [0.25, 0.3) is 0 Å². The number of nitrogens with zero attached hydrogens (tertiary/aromatic N) is 1. The Morgan fingerprint density at radius 2 is 2.08 bits per heavy atom. The summed E-state index contributed by atoms with van der Waals surface area (Å²) in [7, 11) is -4.54. The number of nitrogens with one attached hydrogen (secondary N) is 1. The Morgan fingerprint density at radius 1 is 1.58 bits per heavy atom. The van der Waals surface area contributed by atoms with Crippen LogP contribution in [0.15, 0.2) is 0 Å². The average Bonchev–Trinajstić information content (AvgIpc) is 2.00. The number of hydrogen-bond acceptors (Lipinski definition) is 3. The minimum Gasteiger partial charge on any atom is -0.209 e. The van der Waals surface area contributed by atoms with Crippen molar-refractivity contribution in [1.29, 1.82) is 5.26 Å². The Kier molecular flexibility index (Phi) is 4.06. The minimum atomic E-state index is -4.54. The molecule has 1 atom stereocenters. The first kappa shape index (κ1) is 11.3. The maximum Gasteiger partial charge on any atom is 0.350 e. The third kappa shape index (κ3) is 3.59. The zero-order chi connectivity index (χ0) is 9.78. The SMILES string of the molecule is CC(C#N)CNS(=O)(=O)C(F)F. The molecule has 0 aliphatic rings. The normalized spacial score (nSPS) is 14.2. The molecule has 0 rings (SSSR count). The van der Waals surface area contributed by atoms with Crippen molar-refractivity contribution in [1.82, 2.24) is 4.72 Å².